The smallest absolute Gasteiger partial charge is 0.344 e. The molecule has 5 nitrogen and oxygen atoms in total. The Balaban J connectivity index is 1.93. The van der Waals surface area contributed by atoms with Crippen molar-refractivity contribution in [2.24, 2.45) is 0 Å². The molecule has 0 saturated heterocycles. The average Bonchev–Trinajstić information content (AvgIpc) is 2.72. The third-order valence-corrected chi connectivity index (χ3v) is 5.08. The maximum Gasteiger partial charge on any atom is 0.344 e. The fourth-order valence-corrected chi connectivity index (χ4v) is 3.68. The van der Waals surface area contributed by atoms with Gasteiger partial charge >= 0.3 is 5.97 Å². The summed E-state index contributed by atoms with van der Waals surface area (Å²) in [6, 6.07) is 15.1. The lowest BCUT2D eigenvalue weighted by Gasteiger charge is -2.26. The van der Waals surface area contributed by atoms with Crippen LogP contribution in [0, 0.1) is 19.7 Å². The second kappa shape index (κ2) is 9.73. The molecule has 0 unspecified atom stereocenters. The maximum absolute atomic E-state index is 13.7. The van der Waals surface area contributed by atoms with Crippen LogP contribution in [0.4, 0.5) is 15.8 Å². The first-order valence-corrected chi connectivity index (χ1v) is 10.4. The molecule has 0 aliphatic rings. The Labute approximate surface area is 188 Å². The molecule has 32 heavy (non-hydrogen) atoms. The number of hydrogen-bond acceptors (Lipinski definition) is 5. The van der Waals surface area contributed by atoms with Gasteiger partial charge in [-0.2, -0.15) is 0 Å². The van der Waals surface area contributed by atoms with Crippen molar-refractivity contribution in [2.45, 2.75) is 33.8 Å². The minimum atomic E-state index is -0.428. The fraction of sp³-hybridized carbons (Fsp3) is 0.269. The van der Waals surface area contributed by atoms with Crippen LogP contribution in [0.2, 0.25) is 0 Å². The summed E-state index contributed by atoms with van der Waals surface area (Å²) >= 11 is 0. The maximum atomic E-state index is 13.7. The highest BCUT2D eigenvalue weighted by molar-refractivity contribution is 5.77. The van der Waals surface area contributed by atoms with Crippen LogP contribution in [-0.2, 0) is 9.53 Å². The molecule has 6 heteroatoms. The molecule has 3 aromatic rings. The molecule has 0 radical (unpaired) electrons. The number of aromatic hydroxyl groups is 1. The zero-order valence-corrected chi connectivity index (χ0v) is 19.0. The first-order chi connectivity index (χ1) is 15.2. The summed E-state index contributed by atoms with van der Waals surface area (Å²) in [5.74, 6) is -0.118. The second-order valence-electron chi connectivity index (χ2n) is 7.99. The van der Waals surface area contributed by atoms with Crippen molar-refractivity contribution in [1.29, 1.82) is 0 Å². The number of rotatable bonds is 7. The molecule has 0 atom stereocenters. The molecular weight excluding hydrogens is 409 g/mol. The van der Waals surface area contributed by atoms with Gasteiger partial charge in [-0.3, -0.25) is 0 Å². The quantitative estimate of drug-likeness (QED) is 0.466. The van der Waals surface area contributed by atoms with Gasteiger partial charge in [0.25, 0.3) is 0 Å². The van der Waals surface area contributed by atoms with E-state index in [1.165, 1.54) is 12.1 Å². The summed E-state index contributed by atoms with van der Waals surface area (Å²) in [4.78, 5) is 13.8. The number of anilines is 2. The van der Waals surface area contributed by atoms with Gasteiger partial charge in [0.05, 0.1) is 11.8 Å². The van der Waals surface area contributed by atoms with Gasteiger partial charge < -0.3 is 19.5 Å². The average molecular weight is 438 g/mol. The van der Waals surface area contributed by atoms with Crippen LogP contribution in [0.25, 0.3) is 11.1 Å². The van der Waals surface area contributed by atoms with Crippen molar-refractivity contribution in [2.75, 3.05) is 18.6 Å². The topological polar surface area (TPSA) is 59.0 Å². The van der Waals surface area contributed by atoms with Gasteiger partial charge in [-0.25, -0.2) is 9.18 Å². The number of halogens is 1. The summed E-state index contributed by atoms with van der Waals surface area (Å²) in [5.41, 5.74) is 4.83. The molecule has 0 amide bonds. The number of hydrogen-bond donors (Lipinski definition) is 1. The molecule has 3 rings (SSSR count). The highest BCUT2D eigenvalue weighted by Gasteiger charge is 2.17. The zero-order valence-electron chi connectivity index (χ0n) is 19.0. The highest BCUT2D eigenvalue weighted by Crippen LogP contribution is 2.38. The van der Waals surface area contributed by atoms with E-state index in [0.717, 1.165) is 22.5 Å². The van der Waals surface area contributed by atoms with Crippen LogP contribution in [0.5, 0.6) is 11.5 Å². The van der Waals surface area contributed by atoms with Gasteiger partial charge in [0.15, 0.2) is 6.61 Å². The monoisotopic (exact) mass is 437 g/mol. The van der Waals surface area contributed by atoms with E-state index < -0.39 is 5.97 Å². The van der Waals surface area contributed by atoms with Gasteiger partial charge in [-0.1, -0.05) is 18.2 Å². The molecule has 3 aromatic carbocycles. The number of esters is 1. The van der Waals surface area contributed by atoms with Crippen molar-refractivity contribution >= 4 is 17.3 Å². The van der Waals surface area contributed by atoms with E-state index in [1.807, 2.05) is 44.0 Å². The van der Waals surface area contributed by atoms with Crippen molar-refractivity contribution in [3.05, 3.63) is 71.5 Å². The number of nitrogens with zero attached hydrogens (tertiary/aromatic N) is 1. The number of phenols is 1. The number of benzene rings is 3. The lowest BCUT2D eigenvalue weighted by molar-refractivity contribution is -0.149. The van der Waals surface area contributed by atoms with E-state index in [0.29, 0.717) is 16.9 Å². The van der Waals surface area contributed by atoms with Crippen LogP contribution in [0.3, 0.4) is 0 Å². The Morgan fingerprint density at radius 1 is 1.06 bits per heavy atom. The van der Waals surface area contributed by atoms with Crippen molar-refractivity contribution in [3.8, 4) is 22.6 Å². The lowest BCUT2D eigenvalue weighted by atomic mass is 10.0. The van der Waals surface area contributed by atoms with E-state index >= 15 is 0 Å². The van der Waals surface area contributed by atoms with Crippen LogP contribution < -0.4 is 9.64 Å². The molecule has 0 aliphatic heterocycles. The molecule has 0 saturated carbocycles. The summed E-state index contributed by atoms with van der Waals surface area (Å²) in [5, 5.41) is 10.3. The van der Waals surface area contributed by atoms with Gasteiger partial charge in [0.2, 0.25) is 0 Å². The van der Waals surface area contributed by atoms with Gasteiger partial charge in [0, 0.05) is 24.4 Å². The molecule has 0 spiro atoms. The number of carbonyl (C=O) groups excluding carboxylic acids is 1. The fourth-order valence-electron chi connectivity index (χ4n) is 3.68. The van der Waals surface area contributed by atoms with Crippen LogP contribution in [-0.4, -0.2) is 30.8 Å². The number of phenolic OH excluding ortho intramolecular Hbond substituents is 1. The first kappa shape index (κ1) is 23.1. The van der Waals surface area contributed by atoms with Gasteiger partial charge in [-0.15, -0.1) is 0 Å². The Bertz CT molecular complexity index is 1130. The molecular formula is C26H28FNO4. The molecule has 168 valence electrons. The molecule has 0 aliphatic carbocycles. The van der Waals surface area contributed by atoms with Crippen molar-refractivity contribution in [1.82, 2.24) is 0 Å². The summed E-state index contributed by atoms with van der Waals surface area (Å²) in [7, 11) is 1.89. The third-order valence-electron chi connectivity index (χ3n) is 5.08. The Morgan fingerprint density at radius 2 is 1.81 bits per heavy atom. The Hall–Kier alpha value is -3.54. The van der Waals surface area contributed by atoms with Crippen molar-refractivity contribution in [3.63, 3.8) is 0 Å². The third kappa shape index (κ3) is 5.38. The van der Waals surface area contributed by atoms with Crippen molar-refractivity contribution < 1.29 is 23.8 Å². The normalized spacial score (nSPS) is 10.8. The van der Waals surface area contributed by atoms with E-state index in [-0.39, 0.29) is 24.3 Å². The molecule has 0 bridgehead atoms. The first-order valence-electron chi connectivity index (χ1n) is 10.4. The molecule has 0 heterocycles. The second-order valence-corrected chi connectivity index (χ2v) is 7.99. The minimum Gasteiger partial charge on any atom is -0.508 e. The minimum absolute atomic E-state index is 0.0766. The van der Waals surface area contributed by atoms with Crippen LogP contribution in [0.15, 0.2) is 54.6 Å². The molecule has 1 N–H and O–H groups in total. The SMILES string of the molecule is Cc1ccc(OCC(=O)OC(C)C)c(C)c1N(C)c1cc(O)cc(-c2cccc(F)c2)c1. The lowest BCUT2D eigenvalue weighted by Crippen LogP contribution is -2.19. The zero-order chi connectivity index (χ0) is 23.4. The molecule has 0 fully saturated rings. The number of carbonyl (C=O) groups is 1. The predicted molar refractivity (Wildman–Crippen MR) is 124 cm³/mol. The van der Waals surface area contributed by atoms with E-state index in [2.05, 4.69) is 0 Å². The van der Waals surface area contributed by atoms with Gasteiger partial charge in [-0.05, 0) is 74.7 Å². The van der Waals surface area contributed by atoms with Crippen LogP contribution >= 0.6 is 0 Å². The largest absolute Gasteiger partial charge is 0.508 e. The Kier molecular flexibility index (Phi) is 7.03. The summed E-state index contributed by atoms with van der Waals surface area (Å²) < 4.78 is 24.6. The van der Waals surface area contributed by atoms with E-state index in [1.54, 1.807) is 38.1 Å². The van der Waals surface area contributed by atoms with Crippen LogP contribution in [0.1, 0.15) is 25.0 Å². The van der Waals surface area contributed by atoms with Gasteiger partial charge in [0.1, 0.15) is 17.3 Å². The molecule has 0 aromatic heterocycles. The highest BCUT2D eigenvalue weighted by atomic mass is 19.1. The predicted octanol–water partition coefficient (Wildman–Crippen LogP) is 5.91. The standard InChI is InChI=1S/C26H28FNO4/c1-16(2)32-25(30)15-31-24-10-9-17(3)26(18(24)4)28(5)22-12-20(13-23(29)14-22)19-7-6-8-21(27)11-19/h6-14,16,29H,15H2,1-5H3. The van der Waals surface area contributed by atoms with E-state index in [4.69, 9.17) is 9.47 Å². The van der Waals surface area contributed by atoms with E-state index in [9.17, 15) is 14.3 Å². The number of aryl methyl sites for hydroxylation is 1. The summed E-state index contributed by atoms with van der Waals surface area (Å²) in [6.45, 7) is 7.29. The number of ether oxygens (including phenoxy) is 2. The Morgan fingerprint density at radius 3 is 2.50 bits per heavy atom. The summed E-state index contributed by atoms with van der Waals surface area (Å²) in [6.07, 6.45) is -0.204.